The molecule has 2 aromatic rings. The molecular weight excluding hydrogens is 312 g/mol. The Morgan fingerprint density at radius 2 is 1.76 bits per heavy atom. The lowest BCUT2D eigenvalue weighted by molar-refractivity contribution is -0.137. The Morgan fingerprint density at radius 3 is 2.48 bits per heavy atom. The van der Waals surface area contributed by atoms with Gasteiger partial charge in [-0.15, -0.1) is 0 Å². The van der Waals surface area contributed by atoms with E-state index in [4.69, 9.17) is 9.84 Å². The summed E-state index contributed by atoms with van der Waals surface area (Å²) in [4.78, 5) is 10.5. The number of carboxylic acids is 1. The zero-order chi connectivity index (χ0) is 17.5. The number of para-hydroxylation sites is 1. The molecule has 25 heavy (non-hydrogen) atoms. The fraction of sp³-hybridized carbons (Fsp3) is 0.409. The van der Waals surface area contributed by atoms with E-state index in [0.717, 1.165) is 37.9 Å². The van der Waals surface area contributed by atoms with Crippen LogP contribution in [-0.4, -0.2) is 17.2 Å². The first kappa shape index (κ1) is 17.5. The quantitative estimate of drug-likeness (QED) is 0.673. The summed E-state index contributed by atoms with van der Waals surface area (Å²) in [5.74, 6) is 0.837. The van der Waals surface area contributed by atoms with Gasteiger partial charge in [0.2, 0.25) is 0 Å². The van der Waals surface area contributed by atoms with Crippen molar-refractivity contribution in [3.63, 3.8) is 0 Å². The fourth-order valence-corrected chi connectivity index (χ4v) is 3.60. The average Bonchev–Trinajstić information content (AvgIpc) is 3.08. The Bertz CT molecular complexity index is 663. The van der Waals surface area contributed by atoms with Gasteiger partial charge in [-0.1, -0.05) is 42.5 Å². The molecule has 1 fully saturated rings. The number of carbonyl (C=O) groups is 1. The summed E-state index contributed by atoms with van der Waals surface area (Å²) in [5, 5.41) is 8.67. The van der Waals surface area contributed by atoms with Gasteiger partial charge in [-0.2, -0.15) is 0 Å². The summed E-state index contributed by atoms with van der Waals surface area (Å²) < 4.78 is 6.09. The molecule has 2 atom stereocenters. The zero-order valence-corrected chi connectivity index (χ0v) is 14.6. The van der Waals surface area contributed by atoms with Crippen LogP contribution >= 0.6 is 0 Å². The van der Waals surface area contributed by atoms with E-state index in [1.807, 2.05) is 30.3 Å². The molecule has 1 aliphatic carbocycles. The monoisotopic (exact) mass is 338 g/mol. The van der Waals surface area contributed by atoms with Crippen LogP contribution in [0.25, 0.3) is 0 Å². The summed E-state index contributed by atoms with van der Waals surface area (Å²) >= 11 is 0. The van der Waals surface area contributed by atoms with Crippen LogP contribution in [0.4, 0.5) is 0 Å². The molecule has 1 N–H and O–H groups in total. The molecule has 3 nitrogen and oxygen atoms in total. The topological polar surface area (TPSA) is 46.5 Å². The van der Waals surface area contributed by atoms with Crippen LogP contribution in [0.15, 0.2) is 54.6 Å². The van der Waals surface area contributed by atoms with Crippen molar-refractivity contribution < 1.29 is 14.6 Å². The van der Waals surface area contributed by atoms with Gasteiger partial charge in [0.15, 0.2) is 0 Å². The van der Waals surface area contributed by atoms with Crippen molar-refractivity contribution >= 4 is 5.97 Å². The highest BCUT2D eigenvalue weighted by atomic mass is 16.5. The summed E-state index contributed by atoms with van der Waals surface area (Å²) in [6, 6.07) is 18.9. The van der Waals surface area contributed by atoms with Crippen LogP contribution in [0.2, 0.25) is 0 Å². The predicted molar refractivity (Wildman–Crippen MR) is 99.1 cm³/mol. The number of benzene rings is 2. The van der Waals surface area contributed by atoms with Crippen molar-refractivity contribution in [2.75, 3.05) is 0 Å². The highest BCUT2D eigenvalue weighted by molar-refractivity contribution is 5.66. The van der Waals surface area contributed by atoms with E-state index in [9.17, 15) is 4.79 Å². The summed E-state index contributed by atoms with van der Waals surface area (Å²) in [5.41, 5.74) is 2.69. The van der Waals surface area contributed by atoms with Crippen LogP contribution in [-0.2, 0) is 11.2 Å². The van der Waals surface area contributed by atoms with Crippen LogP contribution in [0.3, 0.4) is 0 Å². The lowest BCUT2D eigenvalue weighted by Gasteiger charge is -2.14. The van der Waals surface area contributed by atoms with Crippen molar-refractivity contribution in [2.24, 2.45) is 0 Å². The van der Waals surface area contributed by atoms with Gasteiger partial charge in [-0.05, 0) is 67.7 Å². The standard InChI is InChI=1S/C22H26O3/c23-22(24)9-5-4-6-17-10-12-18(13-11-17)19-14-15-21(16-19)25-20-7-2-1-3-8-20/h1-3,7-8,10-13,19,21H,4-6,9,14-16H2,(H,23,24)/t19?,21-/m0/s1. The molecular formula is C22H26O3. The number of unbranched alkanes of at least 4 members (excludes halogenated alkanes) is 1. The van der Waals surface area contributed by atoms with E-state index in [1.54, 1.807) is 0 Å². The van der Waals surface area contributed by atoms with E-state index in [0.29, 0.717) is 12.0 Å². The zero-order valence-electron chi connectivity index (χ0n) is 14.6. The molecule has 1 unspecified atom stereocenters. The number of aliphatic carboxylic acids is 1. The van der Waals surface area contributed by atoms with Crippen molar-refractivity contribution in [1.82, 2.24) is 0 Å². The molecule has 1 saturated carbocycles. The minimum absolute atomic E-state index is 0.267. The fourth-order valence-electron chi connectivity index (χ4n) is 3.60. The van der Waals surface area contributed by atoms with E-state index in [-0.39, 0.29) is 6.42 Å². The first-order chi connectivity index (χ1) is 12.2. The van der Waals surface area contributed by atoms with E-state index in [1.165, 1.54) is 17.5 Å². The van der Waals surface area contributed by atoms with Gasteiger partial charge in [-0.25, -0.2) is 0 Å². The van der Waals surface area contributed by atoms with Gasteiger partial charge in [0, 0.05) is 6.42 Å². The minimum Gasteiger partial charge on any atom is -0.490 e. The van der Waals surface area contributed by atoms with Crippen LogP contribution < -0.4 is 4.74 Å². The average molecular weight is 338 g/mol. The highest BCUT2D eigenvalue weighted by Crippen LogP contribution is 2.36. The number of aryl methyl sites for hydroxylation is 1. The Labute approximate surface area is 149 Å². The Kier molecular flexibility index (Phi) is 6.10. The van der Waals surface area contributed by atoms with Crippen molar-refractivity contribution in [3.05, 3.63) is 65.7 Å². The van der Waals surface area contributed by atoms with E-state index in [2.05, 4.69) is 24.3 Å². The first-order valence-corrected chi connectivity index (χ1v) is 9.23. The van der Waals surface area contributed by atoms with E-state index < -0.39 is 5.97 Å². The van der Waals surface area contributed by atoms with Crippen LogP contribution in [0.1, 0.15) is 55.6 Å². The SMILES string of the molecule is O=C(O)CCCCc1ccc(C2CC[C@H](Oc3ccccc3)C2)cc1. The number of hydrogen-bond acceptors (Lipinski definition) is 2. The molecule has 132 valence electrons. The molecule has 2 aromatic carbocycles. The van der Waals surface area contributed by atoms with Gasteiger partial charge >= 0.3 is 5.97 Å². The van der Waals surface area contributed by atoms with Crippen LogP contribution in [0.5, 0.6) is 5.75 Å². The maximum absolute atomic E-state index is 10.5. The lowest BCUT2D eigenvalue weighted by atomic mass is 9.95. The molecule has 0 heterocycles. The maximum Gasteiger partial charge on any atom is 0.303 e. The molecule has 0 aliphatic heterocycles. The molecule has 1 aliphatic rings. The summed E-state index contributed by atoms with van der Waals surface area (Å²) in [6.07, 6.45) is 6.57. The predicted octanol–water partition coefficient (Wildman–Crippen LogP) is 5.20. The maximum atomic E-state index is 10.5. The van der Waals surface area contributed by atoms with Crippen molar-refractivity contribution in [1.29, 1.82) is 0 Å². The third-order valence-electron chi connectivity index (χ3n) is 4.99. The second-order valence-corrected chi connectivity index (χ2v) is 6.91. The van der Waals surface area contributed by atoms with Gasteiger partial charge < -0.3 is 9.84 Å². The molecule has 3 rings (SSSR count). The van der Waals surface area contributed by atoms with Crippen molar-refractivity contribution in [3.8, 4) is 5.75 Å². The molecule has 0 spiro atoms. The number of ether oxygens (including phenoxy) is 1. The Morgan fingerprint density at radius 1 is 1.00 bits per heavy atom. The van der Waals surface area contributed by atoms with E-state index >= 15 is 0 Å². The van der Waals surface area contributed by atoms with Gasteiger partial charge in [0.1, 0.15) is 5.75 Å². The second-order valence-electron chi connectivity index (χ2n) is 6.91. The molecule has 0 radical (unpaired) electrons. The third kappa shape index (κ3) is 5.35. The van der Waals surface area contributed by atoms with Gasteiger partial charge in [0.25, 0.3) is 0 Å². The molecule has 0 amide bonds. The first-order valence-electron chi connectivity index (χ1n) is 9.23. The lowest BCUT2D eigenvalue weighted by Crippen LogP contribution is -2.11. The molecule has 0 saturated heterocycles. The van der Waals surface area contributed by atoms with Gasteiger partial charge in [-0.3, -0.25) is 4.79 Å². The summed E-state index contributed by atoms with van der Waals surface area (Å²) in [7, 11) is 0. The minimum atomic E-state index is -0.705. The smallest absolute Gasteiger partial charge is 0.303 e. The van der Waals surface area contributed by atoms with Gasteiger partial charge in [0.05, 0.1) is 6.10 Å². The summed E-state index contributed by atoms with van der Waals surface area (Å²) in [6.45, 7) is 0. The van der Waals surface area contributed by atoms with Crippen LogP contribution in [0, 0.1) is 0 Å². The number of carboxylic acid groups (broad SMARTS) is 1. The number of rotatable bonds is 8. The largest absolute Gasteiger partial charge is 0.490 e. The highest BCUT2D eigenvalue weighted by Gasteiger charge is 2.27. The van der Waals surface area contributed by atoms with Crippen molar-refractivity contribution in [2.45, 2.75) is 57.0 Å². The molecule has 0 aromatic heterocycles. The third-order valence-corrected chi connectivity index (χ3v) is 4.99. The molecule has 0 bridgehead atoms. The normalized spacial score (nSPS) is 19.7. The Balaban J connectivity index is 1.47. The second kappa shape index (κ2) is 8.70. The number of hydrogen-bond donors (Lipinski definition) is 1. The molecule has 3 heteroatoms. The Hall–Kier alpha value is -2.29.